The molecule has 0 aromatic heterocycles. The molecule has 0 spiro atoms. The van der Waals surface area contributed by atoms with E-state index in [9.17, 15) is 29.1 Å². The van der Waals surface area contributed by atoms with Crippen LogP contribution in [0.15, 0.2) is 97.1 Å². The van der Waals surface area contributed by atoms with Crippen LogP contribution >= 0.6 is 0 Å². The first-order valence-electron chi connectivity index (χ1n) is 17.9. The third kappa shape index (κ3) is 9.77. The molecule has 0 saturated heterocycles. The van der Waals surface area contributed by atoms with Crippen molar-refractivity contribution in [2.75, 3.05) is 6.61 Å². The van der Waals surface area contributed by atoms with E-state index in [-0.39, 0.29) is 37.2 Å². The zero-order chi connectivity index (χ0) is 38.1. The molecule has 0 heterocycles. The summed E-state index contributed by atoms with van der Waals surface area (Å²) in [5.74, 6) is -2.72. The van der Waals surface area contributed by atoms with Crippen molar-refractivity contribution in [3.8, 4) is 11.1 Å². The third-order valence-corrected chi connectivity index (χ3v) is 9.65. The van der Waals surface area contributed by atoms with Gasteiger partial charge in [-0.15, -0.1) is 0 Å². The van der Waals surface area contributed by atoms with Gasteiger partial charge in [-0.05, 0) is 69.7 Å². The minimum absolute atomic E-state index is 0.00444. The second kappa shape index (κ2) is 17.2. The number of amides is 3. The van der Waals surface area contributed by atoms with Gasteiger partial charge in [-0.1, -0.05) is 118 Å². The Hall–Kier alpha value is -5.77. The first-order valence-corrected chi connectivity index (χ1v) is 17.9. The van der Waals surface area contributed by atoms with Crippen molar-refractivity contribution in [3.05, 3.63) is 130 Å². The first kappa shape index (κ1) is 38.5. The maximum absolute atomic E-state index is 14.0. The van der Waals surface area contributed by atoms with E-state index in [0.29, 0.717) is 6.29 Å². The Morgan fingerprint density at radius 2 is 1.36 bits per heavy atom. The summed E-state index contributed by atoms with van der Waals surface area (Å²) in [5.41, 5.74) is 7.47. The average molecular weight is 718 g/mol. The highest BCUT2D eigenvalue weighted by Gasteiger charge is 2.33. The number of benzene rings is 4. The van der Waals surface area contributed by atoms with E-state index in [4.69, 9.17) is 4.74 Å². The number of hydrogen-bond donors (Lipinski definition) is 4. The van der Waals surface area contributed by atoms with Gasteiger partial charge in [0.15, 0.2) is 0 Å². The zero-order valence-corrected chi connectivity index (χ0v) is 30.6. The van der Waals surface area contributed by atoms with Crippen LogP contribution in [0.2, 0.25) is 0 Å². The normalized spacial score (nSPS) is 13.8. The molecule has 10 nitrogen and oxygen atoms in total. The van der Waals surface area contributed by atoms with E-state index < -0.39 is 48.4 Å². The fraction of sp³-hybridized carbons (Fsp3) is 0.326. The minimum atomic E-state index is -1.33. The van der Waals surface area contributed by atoms with Gasteiger partial charge in [0.05, 0.1) is 6.04 Å². The van der Waals surface area contributed by atoms with Crippen LogP contribution in [-0.2, 0) is 42.2 Å². The number of carboxylic acid groups (broad SMARTS) is 1. The largest absolute Gasteiger partial charge is 0.481 e. The molecule has 4 aromatic carbocycles. The van der Waals surface area contributed by atoms with E-state index in [0.717, 1.165) is 44.5 Å². The number of ether oxygens (including phenoxy) is 1. The molecule has 3 atom stereocenters. The SMILES string of the molecule is Cc1cccc(C(C)(C)C)c1C[C@H](NC(=O)[C@H](CCC(=O)O)NC(=O)OCC1c2ccccc2-c2ccccc21)C(=O)N[C@H](C=O)Cc1ccccc1. The highest BCUT2D eigenvalue weighted by atomic mass is 16.5. The van der Waals surface area contributed by atoms with Crippen LogP contribution < -0.4 is 16.0 Å². The lowest BCUT2D eigenvalue weighted by molar-refractivity contribution is -0.137. The Labute approximate surface area is 310 Å². The highest BCUT2D eigenvalue weighted by Crippen LogP contribution is 2.44. The summed E-state index contributed by atoms with van der Waals surface area (Å²) in [5, 5.41) is 17.6. The summed E-state index contributed by atoms with van der Waals surface area (Å²) in [6, 6.07) is 27.5. The van der Waals surface area contributed by atoms with Crippen LogP contribution in [0.3, 0.4) is 0 Å². The number of aryl methyl sites for hydroxylation is 1. The zero-order valence-electron chi connectivity index (χ0n) is 30.6. The maximum atomic E-state index is 14.0. The van der Waals surface area contributed by atoms with Crippen molar-refractivity contribution in [1.82, 2.24) is 16.0 Å². The maximum Gasteiger partial charge on any atom is 0.407 e. The molecule has 1 aliphatic carbocycles. The summed E-state index contributed by atoms with van der Waals surface area (Å²) >= 11 is 0. The topological polar surface area (TPSA) is 151 Å². The van der Waals surface area contributed by atoms with Crippen molar-refractivity contribution in [2.45, 2.75) is 82.8 Å². The van der Waals surface area contributed by atoms with Crippen molar-refractivity contribution in [2.24, 2.45) is 0 Å². The molecule has 1 aliphatic rings. The third-order valence-electron chi connectivity index (χ3n) is 9.65. The van der Waals surface area contributed by atoms with Gasteiger partial charge in [0.25, 0.3) is 0 Å². The van der Waals surface area contributed by atoms with Gasteiger partial charge in [-0.2, -0.15) is 0 Å². The smallest absolute Gasteiger partial charge is 0.407 e. The van der Waals surface area contributed by atoms with Crippen LogP contribution in [0, 0.1) is 6.92 Å². The Kier molecular flexibility index (Phi) is 12.5. The monoisotopic (exact) mass is 717 g/mol. The fourth-order valence-corrected chi connectivity index (χ4v) is 6.97. The molecular weight excluding hydrogens is 670 g/mol. The second-order valence-corrected chi connectivity index (χ2v) is 14.5. The first-order chi connectivity index (χ1) is 25.3. The molecule has 53 heavy (non-hydrogen) atoms. The van der Waals surface area contributed by atoms with Crippen LogP contribution in [0.1, 0.15) is 72.9 Å². The average Bonchev–Trinajstić information content (AvgIpc) is 3.45. The highest BCUT2D eigenvalue weighted by molar-refractivity contribution is 5.92. The van der Waals surface area contributed by atoms with Gasteiger partial charge in [0.1, 0.15) is 25.0 Å². The van der Waals surface area contributed by atoms with Gasteiger partial charge >= 0.3 is 12.1 Å². The lowest BCUT2D eigenvalue weighted by atomic mass is 9.80. The van der Waals surface area contributed by atoms with Crippen molar-refractivity contribution in [3.63, 3.8) is 0 Å². The molecule has 3 amide bonds. The molecule has 0 fully saturated rings. The molecule has 0 aliphatic heterocycles. The molecule has 0 saturated carbocycles. The predicted molar refractivity (Wildman–Crippen MR) is 203 cm³/mol. The van der Waals surface area contributed by atoms with Crippen molar-refractivity contribution >= 4 is 30.2 Å². The minimum Gasteiger partial charge on any atom is -0.481 e. The Morgan fingerprint density at radius 1 is 0.755 bits per heavy atom. The lowest BCUT2D eigenvalue weighted by Gasteiger charge is -2.28. The van der Waals surface area contributed by atoms with Crippen LogP contribution in [0.5, 0.6) is 0 Å². The molecule has 0 bridgehead atoms. The van der Waals surface area contributed by atoms with Crippen molar-refractivity contribution < 1.29 is 33.8 Å². The molecule has 0 radical (unpaired) electrons. The fourth-order valence-electron chi connectivity index (χ4n) is 6.97. The molecule has 0 unspecified atom stereocenters. The number of carbonyl (C=O) groups excluding carboxylic acids is 4. The van der Waals surface area contributed by atoms with Crippen molar-refractivity contribution in [1.29, 1.82) is 0 Å². The predicted octanol–water partition coefficient (Wildman–Crippen LogP) is 6.02. The number of carboxylic acids is 1. The van der Waals surface area contributed by atoms with Gasteiger partial charge in [0, 0.05) is 18.8 Å². The van der Waals surface area contributed by atoms with E-state index >= 15 is 0 Å². The summed E-state index contributed by atoms with van der Waals surface area (Å²) in [6.07, 6.45) is -0.566. The number of nitrogens with one attached hydrogen (secondary N) is 3. The van der Waals surface area contributed by atoms with Crippen LogP contribution in [0.4, 0.5) is 4.79 Å². The standard InChI is InChI=1S/C43H47N3O7/c1-27-13-12-20-36(43(2,3)4)34(27)24-38(41(51)44-29(25-47)23-28-14-6-5-7-15-28)45-40(50)37(21-22-39(48)49)46-42(52)53-26-35-32-18-10-8-16-30(32)31-17-9-11-19-33(31)35/h5-20,25,29,35,37-38H,21-24,26H2,1-4H3,(H,44,51)(H,45,50)(H,46,52)(H,48,49)/t29-,37-,38-/m0/s1. The number of alkyl carbamates (subject to hydrolysis) is 1. The lowest BCUT2D eigenvalue weighted by Crippen LogP contribution is -2.56. The molecule has 4 N–H and O–H groups in total. The number of fused-ring (bicyclic) bond motifs is 3. The molecule has 5 rings (SSSR count). The van der Waals surface area contributed by atoms with Gasteiger partial charge in [0.2, 0.25) is 11.8 Å². The van der Waals surface area contributed by atoms with E-state index in [2.05, 4.69) is 36.7 Å². The number of rotatable bonds is 15. The van der Waals surface area contributed by atoms with E-state index in [1.807, 2.05) is 104 Å². The molecular formula is C43H47N3O7. The Balaban J connectivity index is 1.36. The second-order valence-electron chi connectivity index (χ2n) is 14.5. The molecule has 10 heteroatoms. The summed E-state index contributed by atoms with van der Waals surface area (Å²) in [6.45, 7) is 8.10. The summed E-state index contributed by atoms with van der Waals surface area (Å²) < 4.78 is 5.67. The quantitative estimate of drug-likeness (QED) is 0.110. The van der Waals surface area contributed by atoms with Gasteiger partial charge in [-0.3, -0.25) is 14.4 Å². The molecule has 4 aromatic rings. The van der Waals surface area contributed by atoms with E-state index in [1.54, 1.807) is 0 Å². The molecule has 276 valence electrons. The number of aliphatic carboxylic acids is 1. The van der Waals surface area contributed by atoms with Gasteiger partial charge in [-0.25, -0.2) is 4.79 Å². The Morgan fingerprint density at radius 3 is 1.96 bits per heavy atom. The number of aldehydes is 1. The number of carbonyl (C=O) groups is 5. The van der Waals surface area contributed by atoms with Crippen LogP contribution in [-0.4, -0.2) is 60.0 Å². The summed E-state index contributed by atoms with van der Waals surface area (Å²) in [4.78, 5) is 65.0. The van der Waals surface area contributed by atoms with Gasteiger partial charge < -0.3 is 30.6 Å². The number of hydrogen-bond acceptors (Lipinski definition) is 6. The summed E-state index contributed by atoms with van der Waals surface area (Å²) in [7, 11) is 0. The Bertz CT molecular complexity index is 1910. The van der Waals surface area contributed by atoms with E-state index in [1.165, 1.54) is 0 Å². The van der Waals surface area contributed by atoms with Crippen LogP contribution in [0.25, 0.3) is 11.1 Å².